The fraction of sp³-hybridized carbons (Fsp3) is 0.294. The van der Waals surface area contributed by atoms with Crippen molar-refractivity contribution >= 4 is 15.7 Å². The van der Waals surface area contributed by atoms with E-state index in [2.05, 4.69) is 19.9 Å². The van der Waals surface area contributed by atoms with Crippen molar-refractivity contribution in [3.05, 3.63) is 47.0 Å². The second kappa shape index (κ2) is 6.36. The van der Waals surface area contributed by atoms with Crippen LogP contribution in [-0.4, -0.2) is 23.6 Å². The molecule has 132 valence electrons. The third-order valence-electron chi connectivity index (χ3n) is 4.01. The summed E-state index contributed by atoms with van der Waals surface area (Å²) in [4.78, 5) is 3.25. The Balaban J connectivity index is 2.04. The summed E-state index contributed by atoms with van der Waals surface area (Å²) in [5, 5.41) is 7.92. The predicted molar refractivity (Wildman–Crippen MR) is 94.9 cm³/mol. The number of nitrogens with one attached hydrogen (secondary N) is 2. The number of aromatic amines is 1. The van der Waals surface area contributed by atoms with Gasteiger partial charge in [-0.1, -0.05) is 25.1 Å². The Morgan fingerprint density at radius 1 is 1.16 bits per heavy atom. The minimum Gasteiger partial charge on any atom is -0.419 e. The number of para-hydroxylation sites is 1. The fourth-order valence-electron chi connectivity index (χ4n) is 2.73. The van der Waals surface area contributed by atoms with Crippen molar-refractivity contribution in [3.63, 3.8) is 0 Å². The molecule has 0 aliphatic rings. The van der Waals surface area contributed by atoms with Gasteiger partial charge in [-0.25, -0.2) is 8.42 Å². The number of hydrogen-bond donors (Lipinski definition) is 2. The average molecular weight is 360 g/mol. The number of hydrogen-bond acceptors (Lipinski definition) is 5. The largest absolute Gasteiger partial charge is 0.419 e. The van der Waals surface area contributed by atoms with Crippen molar-refractivity contribution in [3.8, 4) is 11.6 Å². The Labute approximate surface area is 146 Å². The summed E-state index contributed by atoms with van der Waals surface area (Å²) in [6.45, 7) is 7.19. The lowest BCUT2D eigenvalue weighted by atomic mass is 10.2. The maximum absolute atomic E-state index is 12.9. The smallest absolute Gasteiger partial charge is 0.264 e. The molecule has 0 radical (unpaired) electrons. The van der Waals surface area contributed by atoms with Gasteiger partial charge in [-0.2, -0.15) is 0 Å². The summed E-state index contributed by atoms with van der Waals surface area (Å²) in [5.74, 6) is 0.791. The van der Waals surface area contributed by atoms with Crippen LogP contribution >= 0.6 is 0 Å². The molecule has 0 saturated heterocycles. The van der Waals surface area contributed by atoms with E-state index in [1.807, 2.05) is 26.0 Å². The van der Waals surface area contributed by atoms with Gasteiger partial charge in [-0.05, 0) is 32.4 Å². The van der Waals surface area contributed by atoms with E-state index in [4.69, 9.17) is 4.42 Å². The monoisotopic (exact) mass is 360 g/mol. The van der Waals surface area contributed by atoms with E-state index in [1.54, 1.807) is 26.0 Å². The number of anilines is 1. The van der Waals surface area contributed by atoms with E-state index in [-0.39, 0.29) is 10.8 Å². The summed E-state index contributed by atoms with van der Waals surface area (Å²) >= 11 is 0. The molecule has 0 unspecified atom stereocenters. The zero-order valence-corrected chi connectivity index (χ0v) is 15.4. The van der Waals surface area contributed by atoms with Crippen LogP contribution in [0.4, 0.5) is 5.69 Å². The molecule has 1 aromatic carbocycles. The lowest BCUT2D eigenvalue weighted by Crippen LogP contribution is -2.15. The number of nitrogens with zero attached hydrogens (tertiary/aromatic N) is 2. The maximum atomic E-state index is 12.9. The van der Waals surface area contributed by atoms with Crippen LogP contribution in [0.25, 0.3) is 11.6 Å². The highest BCUT2D eigenvalue weighted by atomic mass is 32.2. The average Bonchev–Trinajstić information content (AvgIpc) is 3.13. The Morgan fingerprint density at radius 3 is 2.52 bits per heavy atom. The molecule has 8 heteroatoms. The molecule has 0 spiro atoms. The normalized spacial score (nSPS) is 11.7. The minimum atomic E-state index is -3.75. The SMILES string of the molecule is CCc1nnc(-c2[nH]c(C)c(S(=O)(=O)Nc3ccccc3C)c2C)o1. The van der Waals surface area contributed by atoms with E-state index in [1.165, 1.54) is 0 Å². The van der Waals surface area contributed by atoms with Gasteiger partial charge in [-0.15, -0.1) is 10.2 Å². The predicted octanol–water partition coefficient (Wildman–Crippen LogP) is 3.35. The van der Waals surface area contributed by atoms with Gasteiger partial charge < -0.3 is 9.40 Å². The Hall–Kier alpha value is -2.61. The zero-order valence-electron chi connectivity index (χ0n) is 14.5. The molecule has 0 bridgehead atoms. The fourth-order valence-corrected chi connectivity index (χ4v) is 4.31. The summed E-state index contributed by atoms with van der Waals surface area (Å²) in [7, 11) is -3.75. The molecular formula is C17H20N4O3S. The van der Waals surface area contributed by atoms with Gasteiger partial charge in [-0.3, -0.25) is 4.72 Å². The van der Waals surface area contributed by atoms with E-state index in [9.17, 15) is 8.42 Å². The van der Waals surface area contributed by atoms with Crippen molar-refractivity contribution < 1.29 is 12.8 Å². The Kier molecular flexibility index (Phi) is 4.38. The topological polar surface area (TPSA) is 101 Å². The van der Waals surface area contributed by atoms with Crippen molar-refractivity contribution in [2.45, 2.75) is 39.0 Å². The van der Waals surface area contributed by atoms with E-state index in [0.29, 0.717) is 35.0 Å². The van der Waals surface area contributed by atoms with Crippen LogP contribution in [0.15, 0.2) is 33.6 Å². The van der Waals surface area contributed by atoms with E-state index in [0.717, 1.165) is 5.56 Å². The summed E-state index contributed by atoms with van der Waals surface area (Å²) in [5.41, 5.74) is 2.99. The summed E-state index contributed by atoms with van der Waals surface area (Å²) < 4.78 is 34.0. The Bertz CT molecular complexity index is 1020. The molecule has 7 nitrogen and oxygen atoms in total. The van der Waals surface area contributed by atoms with Crippen LogP contribution in [0, 0.1) is 20.8 Å². The van der Waals surface area contributed by atoms with Crippen molar-refractivity contribution in [2.75, 3.05) is 4.72 Å². The highest BCUT2D eigenvalue weighted by Crippen LogP contribution is 2.31. The number of aromatic nitrogens is 3. The van der Waals surface area contributed by atoms with Gasteiger partial charge in [0.1, 0.15) is 10.6 Å². The van der Waals surface area contributed by atoms with Crippen LogP contribution in [-0.2, 0) is 16.4 Å². The molecule has 0 aliphatic heterocycles. The van der Waals surface area contributed by atoms with E-state index >= 15 is 0 Å². The zero-order chi connectivity index (χ0) is 18.2. The molecule has 2 N–H and O–H groups in total. The van der Waals surface area contributed by atoms with Crippen LogP contribution in [0.5, 0.6) is 0 Å². The van der Waals surface area contributed by atoms with Gasteiger partial charge in [0.2, 0.25) is 5.89 Å². The maximum Gasteiger partial charge on any atom is 0.264 e. The van der Waals surface area contributed by atoms with Gasteiger partial charge in [0.05, 0.1) is 5.69 Å². The highest BCUT2D eigenvalue weighted by Gasteiger charge is 2.27. The first kappa shape index (κ1) is 17.2. The molecule has 0 aliphatic carbocycles. The highest BCUT2D eigenvalue weighted by molar-refractivity contribution is 7.92. The standard InChI is InChI=1S/C17H20N4O3S/c1-5-14-19-20-17(24-14)15-11(3)16(12(4)18-15)25(22,23)21-13-9-7-6-8-10(13)2/h6-9,18,21H,5H2,1-4H3. The number of aryl methyl sites for hydroxylation is 3. The van der Waals surface area contributed by atoms with Crippen molar-refractivity contribution in [2.24, 2.45) is 0 Å². The minimum absolute atomic E-state index is 0.196. The molecule has 0 saturated carbocycles. The van der Waals surface area contributed by atoms with E-state index < -0.39 is 10.0 Å². The molecule has 3 rings (SSSR count). The number of rotatable bonds is 5. The second-order valence-electron chi connectivity index (χ2n) is 5.85. The summed E-state index contributed by atoms with van der Waals surface area (Å²) in [6.07, 6.45) is 0.617. The first-order valence-electron chi connectivity index (χ1n) is 7.94. The van der Waals surface area contributed by atoms with Gasteiger partial charge >= 0.3 is 0 Å². The third-order valence-corrected chi connectivity index (χ3v) is 5.65. The van der Waals surface area contributed by atoms with Crippen molar-refractivity contribution in [1.29, 1.82) is 0 Å². The van der Waals surface area contributed by atoms with Crippen LogP contribution < -0.4 is 4.72 Å². The Morgan fingerprint density at radius 2 is 1.88 bits per heavy atom. The van der Waals surface area contributed by atoms with Crippen LogP contribution in [0.3, 0.4) is 0 Å². The molecule has 2 heterocycles. The lowest BCUT2D eigenvalue weighted by Gasteiger charge is -2.11. The van der Waals surface area contributed by atoms with Crippen LogP contribution in [0.1, 0.15) is 29.6 Å². The summed E-state index contributed by atoms with van der Waals surface area (Å²) in [6, 6.07) is 7.23. The first-order chi connectivity index (χ1) is 11.8. The molecule has 25 heavy (non-hydrogen) atoms. The number of sulfonamides is 1. The van der Waals surface area contributed by atoms with Crippen molar-refractivity contribution in [1.82, 2.24) is 15.2 Å². The molecule has 0 amide bonds. The molecule has 2 aromatic heterocycles. The van der Waals surface area contributed by atoms with Gasteiger partial charge in [0.25, 0.3) is 15.9 Å². The molecule has 0 fully saturated rings. The third kappa shape index (κ3) is 3.17. The number of H-pyrrole nitrogens is 1. The molecular weight excluding hydrogens is 340 g/mol. The number of benzene rings is 1. The quantitative estimate of drug-likeness (QED) is 0.726. The molecule has 3 aromatic rings. The van der Waals surface area contributed by atoms with Gasteiger partial charge in [0.15, 0.2) is 0 Å². The second-order valence-corrected chi connectivity index (χ2v) is 7.47. The first-order valence-corrected chi connectivity index (χ1v) is 9.42. The lowest BCUT2D eigenvalue weighted by molar-refractivity contribution is 0.511. The van der Waals surface area contributed by atoms with Crippen LogP contribution in [0.2, 0.25) is 0 Å². The van der Waals surface area contributed by atoms with Gasteiger partial charge in [0, 0.05) is 17.7 Å². The molecule has 0 atom stereocenters.